The fraction of sp³-hybridized carbons (Fsp3) is 0.222. The van der Waals surface area contributed by atoms with Gasteiger partial charge in [-0.2, -0.15) is 0 Å². The van der Waals surface area contributed by atoms with Crippen molar-refractivity contribution in [2.24, 2.45) is 0 Å². The predicted octanol–water partition coefficient (Wildman–Crippen LogP) is 1.54. The zero-order chi connectivity index (χ0) is 8.97. The molecule has 0 bridgehead atoms. The van der Waals surface area contributed by atoms with Crippen molar-refractivity contribution in [3.8, 4) is 0 Å². The Balaban J connectivity index is 2.90. The highest BCUT2D eigenvalue weighted by molar-refractivity contribution is 6.02. The van der Waals surface area contributed by atoms with Crippen molar-refractivity contribution in [2.45, 2.75) is 13.8 Å². The Kier molecular flexibility index (Phi) is 2.69. The molecule has 0 aliphatic heterocycles. The molecule has 1 heterocycles. The molecule has 0 aromatic carbocycles. The van der Waals surface area contributed by atoms with Crippen LogP contribution >= 0.6 is 0 Å². The average molecular weight is 162 g/mol. The van der Waals surface area contributed by atoms with Gasteiger partial charge in [-0.05, 0) is 19.9 Å². The first-order chi connectivity index (χ1) is 5.74. The van der Waals surface area contributed by atoms with Crippen LogP contribution in [0.3, 0.4) is 0 Å². The van der Waals surface area contributed by atoms with Crippen LogP contribution in [0.25, 0.3) is 0 Å². The molecule has 0 fully saturated rings. The zero-order valence-electron chi connectivity index (χ0n) is 7.11. The summed E-state index contributed by atoms with van der Waals surface area (Å²) in [6.07, 6.45) is 6.22. The number of rotatable bonds is 2. The van der Waals surface area contributed by atoms with Gasteiger partial charge in [0.1, 0.15) is 5.69 Å². The number of hydrogen-bond acceptors (Lipinski definition) is 3. The molecule has 0 radical (unpaired) electrons. The van der Waals surface area contributed by atoms with Gasteiger partial charge in [-0.1, -0.05) is 6.08 Å². The first-order valence-corrected chi connectivity index (χ1v) is 3.69. The molecule has 0 N–H and O–H groups in total. The second-order valence-electron chi connectivity index (χ2n) is 2.41. The number of aryl methyl sites for hydroxylation is 1. The third-order valence-corrected chi connectivity index (χ3v) is 1.35. The number of allylic oxidation sites excluding steroid dienone is 2. The number of aromatic nitrogens is 2. The molecular weight excluding hydrogens is 152 g/mol. The van der Waals surface area contributed by atoms with E-state index in [0.717, 1.165) is 5.69 Å². The molecule has 3 heteroatoms. The molecule has 0 unspecified atom stereocenters. The first kappa shape index (κ1) is 8.59. The van der Waals surface area contributed by atoms with Crippen molar-refractivity contribution in [1.82, 2.24) is 9.97 Å². The SMILES string of the molecule is C/C=C/C(=O)c1cnc(C)cn1. The smallest absolute Gasteiger partial charge is 0.205 e. The Morgan fingerprint density at radius 3 is 2.67 bits per heavy atom. The maximum Gasteiger partial charge on any atom is 0.205 e. The second-order valence-corrected chi connectivity index (χ2v) is 2.41. The van der Waals surface area contributed by atoms with Crippen molar-refractivity contribution in [3.63, 3.8) is 0 Å². The molecule has 0 amide bonds. The Bertz CT molecular complexity index is 301. The van der Waals surface area contributed by atoms with E-state index in [1.807, 2.05) is 6.92 Å². The molecule has 1 aromatic rings. The van der Waals surface area contributed by atoms with Crippen LogP contribution in [0.1, 0.15) is 23.1 Å². The summed E-state index contributed by atoms with van der Waals surface area (Å²) >= 11 is 0. The van der Waals surface area contributed by atoms with Crippen molar-refractivity contribution in [1.29, 1.82) is 0 Å². The fourth-order valence-corrected chi connectivity index (χ4v) is 0.757. The Morgan fingerprint density at radius 2 is 2.17 bits per heavy atom. The number of carbonyl (C=O) groups is 1. The van der Waals surface area contributed by atoms with Gasteiger partial charge in [0.25, 0.3) is 0 Å². The van der Waals surface area contributed by atoms with E-state index in [1.165, 1.54) is 12.3 Å². The van der Waals surface area contributed by atoms with E-state index in [4.69, 9.17) is 0 Å². The summed E-state index contributed by atoms with van der Waals surface area (Å²) < 4.78 is 0. The Hall–Kier alpha value is -1.51. The van der Waals surface area contributed by atoms with Crippen LogP contribution in [-0.4, -0.2) is 15.8 Å². The molecule has 0 spiro atoms. The van der Waals surface area contributed by atoms with E-state index in [-0.39, 0.29) is 5.78 Å². The van der Waals surface area contributed by atoms with Crippen LogP contribution < -0.4 is 0 Å². The summed E-state index contributed by atoms with van der Waals surface area (Å²) in [4.78, 5) is 19.1. The highest BCUT2D eigenvalue weighted by Gasteiger charge is 2.01. The minimum Gasteiger partial charge on any atom is -0.287 e. The van der Waals surface area contributed by atoms with Crippen molar-refractivity contribution in [3.05, 3.63) is 35.9 Å². The molecule has 0 aliphatic rings. The van der Waals surface area contributed by atoms with Gasteiger partial charge in [0.15, 0.2) is 0 Å². The van der Waals surface area contributed by atoms with Crippen molar-refractivity contribution in [2.75, 3.05) is 0 Å². The molecular formula is C9H10N2O. The summed E-state index contributed by atoms with van der Waals surface area (Å²) in [5.41, 5.74) is 1.20. The normalized spacial score (nSPS) is 10.5. The number of ketones is 1. The van der Waals surface area contributed by atoms with Crippen LogP contribution in [0, 0.1) is 6.92 Å². The molecule has 0 saturated heterocycles. The topological polar surface area (TPSA) is 42.9 Å². The van der Waals surface area contributed by atoms with E-state index < -0.39 is 0 Å². The fourth-order valence-electron chi connectivity index (χ4n) is 0.757. The average Bonchev–Trinajstić information content (AvgIpc) is 2.06. The van der Waals surface area contributed by atoms with Gasteiger partial charge in [-0.25, -0.2) is 4.98 Å². The molecule has 3 nitrogen and oxygen atoms in total. The summed E-state index contributed by atoms with van der Waals surface area (Å²) in [6.45, 7) is 3.62. The maximum atomic E-state index is 11.2. The largest absolute Gasteiger partial charge is 0.287 e. The Morgan fingerprint density at radius 1 is 1.42 bits per heavy atom. The lowest BCUT2D eigenvalue weighted by molar-refractivity contribution is 0.104. The van der Waals surface area contributed by atoms with Crippen LogP contribution in [0.4, 0.5) is 0 Å². The lowest BCUT2D eigenvalue weighted by atomic mass is 10.3. The molecule has 0 aliphatic carbocycles. The molecule has 1 aromatic heterocycles. The molecule has 12 heavy (non-hydrogen) atoms. The van der Waals surface area contributed by atoms with Crippen LogP contribution in [-0.2, 0) is 0 Å². The molecule has 62 valence electrons. The Labute approximate surface area is 71.2 Å². The van der Waals surface area contributed by atoms with E-state index in [2.05, 4.69) is 9.97 Å². The number of carbonyl (C=O) groups excluding carboxylic acids is 1. The van der Waals surface area contributed by atoms with E-state index >= 15 is 0 Å². The monoisotopic (exact) mass is 162 g/mol. The quantitative estimate of drug-likeness (QED) is 0.489. The van der Waals surface area contributed by atoms with Crippen LogP contribution in [0.15, 0.2) is 24.5 Å². The summed E-state index contributed by atoms with van der Waals surface area (Å²) in [5.74, 6) is -0.106. The number of nitrogens with zero attached hydrogens (tertiary/aromatic N) is 2. The van der Waals surface area contributed by atoms with Crippen molar-refractivity contribution < 1.29 is 4.79 Å². The third kappa shape index (κ3) is 1.99. The summed E-state index contributed by atoms with van der Waals surface area (Å²) in [6, 6.07) is 0. The summed E-state index contributed by atoms with van der Waals surface area (Å²) in [5, 5.41) is 0. The maximum absolute atomic E-state index is 11.2. The number of hydrogen-bond donors (Lipinski definition) is 0. The third-order valence-electron chi connectivity index (χ3n) is 1.35. The van der Waals surface area contributed by atoms with Gasteiger partial charge >= 0.3 is 0 Å². The van der Waals surface area contributed by atoms with Gasteiger partial charge < -0.3 is 0 Å². The van der Waals surface area contributed by atoms with E-state index in [9.17, 15) is 4.79 Å². The first-order valence-electron chi connectivity index (χ1n) is 3.69. The van der Waals surface area contributed by atoms with Gasteiger partial charge in [0.05, 0.1) is 11.9 Å². The minimum atomic E-state index is -0.106. The molecule has 0 saturated carbocycles. The second kappa shape index (κ2) is 3.76. The summed E-state index contributed by atoms with van der Waals surface area (Å²) in [7, 11) is 0. The van der Waals surface area contributed by atoms with Gasteiger partial charge in [-0.3, -0.25) is 9.78 Å². The lowest BCUT2D eigenvalue weighted by Gasteiger charge is -1.93. The highest BCUT2D eigenvalue weighted by Crippen LogP contribution is 1.96. The van der Waals surface area contributed by atoms with E-state index in [1.54, 1.807) is 19.2 Å². The highest BCUT2D eigenvalue weighted by atomic mass is 16.1. The zero-order valence-corrected chi connectivity index (χ0v) is 7.11. The molecule has 0 atom stereocenters. The van der Waals surface area contributed by atoms with Crippen LogP contribution in [0.2, 0.25) is 0 Å². The van der Waals surface area contributed by atoms with Crippen LogP contribution in [0.5, 0.6) is 0 Å². The van der Waals surface area contributed by atoms with Crippen molar-refractivity contribution >= 4 is 5.78 Å². The van der Waals surface area contributed by atoms with E-state index in [0.29, 0.717) is 5.69 Å². The van der Waals surface area contributed by atoms with Gasteiger partial charge in [0, 0.05) is 6.20 Å². The van der Waals surface area contributed by atoms with Gasteiger partial charge in [-0.15, -0.1) is 0 Å². The molecule has 1 rings (SSSR count). The lowest BCUT2D eigenvalue weighted by Crippen LogP contribution is -1.99. The minimum absolute atomic E-state index is 0.106. The predicted molar refractivity (Wildman–Crippen MR) is 45.9 cm³/mol. The van der Waals surface area contributed by atoms with Gasteiger partial charge in [0.2, 0.25) is 5.78 Å². The standard InChI is InChI=1S/C9H10N2O/c1-3-4-9(12)8-6-10-7(2)5-11-8/h3-6H,1-2H3/b4-3+.